The van der Waals surface area contributed by atoms with Gasteiger partial charge in [0.2, 0.25) is 0 Å². The molecule has 11 heavy (non-hydrogen) atoms. The topological polar surface area (TPSA) is 26.3 Å². The van der Waals surface area contributed by atoms with Crippen molar-refractivity contribution in [2.45, 2.75) is 45.7 Å². The molecule has 3 heteroatoms. The lowest BCUT2D eigenvalue weighted by Crippen LogP contribution is -2.00. The predicted octanol–water partition coefficient (Wildman–Crippen LogP) is 3.34. The Kier molecular flexibility index (Phi) is 6.79. The second kappa shape index (κ2) is 6.75. The van der Waals surface area contributed by atoms with Crippen molar-refractivity contribution in [3.05, 3.63) is 0 Å². The fraction of sp³-hybridized carbons (Fsp3) is 1.00. The lowest BCUT2D eigenvalue weighted by molar-refractivity contribution is 0.321. The average molecular weight is 177 g/mol. The van der Waals surface area contributed by atoms with E-state index in [0.29, 0.717) is 6.61 Å². The molecular weight excluding hydrogens is 159 g/mol. The van der Waals surface area contributed by atoms with E-state index in [2.05, 4.69) is 13.8 Å². The number of hydrogen-bond acceptors (Lipinski definition) is 2. The summed E-state index contributed by atoms with van der Waals surface area (Å²) >= 11 is 0. The van der Waals surface area contributed by atoms with Crippen LogP contribution in [0.1, 0.15) is 40.0 Å². The highest BCUT2D eigenvalue weighted by Gasteiger charge is 2.28. The van der Waals surface area contributed by atoms with Crippen molar-refractivity contribution in [1.29, 1.82) is 0 Å². The molecule has 0 aliphatic rings. The van der Waals surface area contributed by atoms with Gasteiger partial charge in [-0.15, -0.1) is 4.52 Å². The maximum Gasteiger partial charge on any atom is 0.511 e. The van der Waals surface area contributed by atoms with E-state index in [1.807, 2.05) is 6.92 Å². The average Bonchev–Trinajstić information content (AvgIpc) is 2.03. The second-order valence-corrected chi connectivity index (χ2v) is 4.15. The van der Waals surface area contributed by atoms with Gasteiger partial charge in [-0.2, -0.15) is 0 Å². The zero-order valence-electron chi connectivity index (χ0n) is 7.67. The standard InChI is InChI=1S/C8H18O2P/c1-4-7-10-11(9)8(5-2)6-3/h8H,4-7H2,1-3H3/q+1. The maximum absolute atomic E-state index is 11.3. The van der Waals surface area contributed by atoms with Crippen LogP contribution in [-0.4, -0.2) is 12.3 Å². The van der Waals surface area contributed by atoms with Gasteiger partial charge in [0.05, 0.1) is 0 Å². The van der Waals surface area contributed by atoms with Gasteiger partial charge in [-0.05, 0) is 23.8 Å². The van der Waals surface area contributed by atoms with Gasteiger partial charge in [0.25, 0.3) is 0 Å². The van der Waals surface area contributed by atoms with Crippen molar-refractivity contribution in [2.24, 2.45) is 0 Å². The second-order valence-electron chi connectivity index (χ2n) is 2.59. The van der Waals surface area contributed by atoms with Crippen LogP contribution in [-0.2, 0) is 9.09 Å². The summed E-state index contributed by atoms with van der Waals surface area (Å²) in [4.78, 5) is 0. The molecule has 0 fully saturated rings. The molecule has 2 nitrogen and oxygen atoms in total. The molecule has 0 saturated heterocycles. The molecule has 66 valence electrons. The van der Waals surface area contributed by atoms with Gasteiger partial charge in [0, 0.05) is 0 Å². The summed E-state index contributed by atoms with van der Waals surface area (Å²) in [7, 11) is -1.40. The van der Waals surface area contributed by atoms with Gasteiger partial charge in [-0.1, -0.05) is 20.8 Å². The molecule has 0 heterocycles. The molecule has 1 unspecified atom stereocenters. The van der Waals surface area contributed by atoms with E-state index in [0.717, 1.165) is 19.3 Å². The minimum absolute atomic E-state index is 0.261. The van der Waals surface area contributed by atoms with Gasteiger partial charge in [0.15, 0.2) is 5.66 Å². The monoisotopic (exact) mass is 177 g/mol. The molecule has 0 aliphatic heterocycles. The Labute approximate surface area is 70.2 Å². The first-order chi connectivity index (χ1) is 5.26. The van der Waals surface area contributed by atoms with E-state index in [-0.39, 0.29) is 5.66 Å². The van der Waals surface area contributed by atoms with Crippen LogP contribution in [0, 0.1) is 0 Å². The largest absolute Gasteiger partial charge is 0.511 e. The summed E-state index contributed by atoms with van der Waals surface area (Å²) in [5, 5.41) is 0. The Morgan fingerprint density at radius 1 is 1.27 bits per heavy atom. The first-order valence-corrected chi connectivity index (χ1v) is 5.60. The van der Waals surface area contributed by atoms with Crippen molar-refractivity contribution >= 4 is 8.03 Å². The Balaban J connectivity index is 3.61. The summed E-state index contributed by atoms with van der Waals surface area (Å²) in [6, 6.07) is 0. The fourth-order valence-electron chi connectivity index (χ4n) is 0.873. The zero-order valence-corrected chi connectivity index (χ0v) is 8.56. The summed E-state index contributed by atoms with van der Waals surface area (Å²) < 4.78 is 16.4. The summed E-state index contributed by atoms with van der Waals surface area (Å²) in [6.45, 7) is 6.76. The first-order valence-electron chi connectivity index (χ1n) is 4.35. The van der Waals surface area contributed by atoms with E-state index in [9.17, 15) is 4.57 Å². The highest BCUT2D eigenvalue weighted by molar-refractivity contribution is 7.40. The number of hydrogen-bond donors (Lipinski definition) is 0. The van der Waals surface area contributed by atoms with E-state index < -0.39 is 8.03 Å². The summed E-state index contributed by atoms with van der Waals surface area (Å²) in [5.41, 5.74) is 0.261. The van der Waals surface area contributed by atoms with Gasteiger partial charge < -0.3 is 0 Å². The van der Waals surface area contributed by atoms with Crippen molar-refractivity contribution in [1.82, 2.24) is 0 Å². The molecule has 0 rings (SSSR count). The van der Waals surface area contributed by atoms with E-state index in [1.54, 1.807) is 0 Å². The zero-order chi connectivity index (χ0) is 8.69. The molecule has 0 spiro atoms. The third kappa shape index (κ3) is 4.49. The normalized spacial score (nSPS) is 12.2. The van der Waals surface area contributed by atoms with Crippen LogP contribution in [0.4, 0.5) is 0 Å². The van der Waals surface area contributed by atoms with Gasteiger partial charge in [-0.3, -0.25) is 0 Å². The SMILES string of the molecule is CCCO[P+](=O)C(CC)CC. The van der Waals surface area contributed by atoms with Crippen LogP contribution >= 0.6 is 8.03 Å². The predicted molar refractivity (Wildman–Crippen MR) is 48.2 cm³/mol. The Morgan fingerprint density at radius 2 is 1.82 bits per heavy atom. The minimum Gasteiger partial charge on any atom is -0.146 e. The van der Waals surface area contributed by atoms with Crippen LogP contribution in [0.2, 0.25) is 0 Å². The van der Waals surface area contributed by atoms with Crippen molar-refractivity contribution in [3.8, 4) is 0 Å². The summed E-state index contributed by atoms with van der Waals surface area (Å²) in [6.07, 6.45) is 2.85. The molecular formula is C8H18O2P+. The van der Waals surface area contributed by atoms with Crippen molar-refractivity contribution in [3.63, 3.8) is 0 Å². The highest BCUT2D eigenvalue weighted by atomic mass is 31.1. The summed E-state index contributed by atoms with van der Waals surface area (Å²) in [5.74, 6) is 0. The van der Waals surface area contributed by atoms with E-state index in [1.165, 1.54) is 0 Å². The smallest absolute Gasteiger partial charge is 0.146 e. The van der Waals surface area contributed by atoms with Crippen LogP contribution in [0.15, 0.2) is 0 Å². The van der Waals surface area contributed by atoms with E-state index in [4.69, 9.17) is 4.52 Å². The van der Waals surface area contributed by atoms with Crippen molar-refractivity contribution in [2.75, 3.05) is 6.61 Å². The lowest BCUT2D eigenvalue weighted by atomic mass is 10.3. The molecule has 0 N–H and O–H groups in total. The van der Waals surface area contributed by atoms with Crippen molar-refractivity contribution < 1.29 is 9.09 Å². The quantitative estimate of drug-likeness (QED) is 0.581. The molecule has 0 aliphatic carbocycles. The molecule has 1 atom stereocenters. The highest BCUT2D eigenvalue weighted by Crippen LogP contribution is 2.33. The fourth-order valence-corrected chi connectivity index (χ4v) is 2.04. The molecule has 0 amide bonds. The Hall–Kier alpha value is 0.0600. The van der Waals surface area contributed by atoms with Crippen LogP contribution < -0.4 is 0 Å². The molecule has 0 bridgehead atoms. The Morgan fingerprint density at radius 3 is 2.18 bits per heavy atom. The molecule has 0 aromatic rings. The van der Waals surface area contributed by atoms with Crippen LogP contribution in [0.25, 0.3) is 0 Å². The molecule has 0 aromatic heterocycles. The minimum atomic E-state index is -1.40. The Bertz CT molecular complexity index is 111. The van der Waals surface area contributed by atoms with E-state index >= 15 is 0 Å². The van der Waals surface area contributed by atoms with Gasteiger partial charge in [0.1, 0.15) is 6.61 Å². The third-order valence-electron chi connectivity index (χ3n) is 1.66. The molecule has 0 radical (unpaired) electrons. The lowest BCUT2D eigenvalue weighted by Gasteiger charge is -1.97. The third-order valence-corrected chi connectivity index (χ3v) is 3.43. The van der Waals surface area contributed by atoms with Crippen LogP contribution in [0.3, 0.4) is 0 Å². The first kappa shape index (κ1) is 11.1. The molecule has 0 saturated carbocycles. The van der Waals surface area contributed by atoms with Gasteiger partial charge >= 0.3 is 8.03 Å². The maximum atomic E-state index is 11.3. The molecule has 0 aromatic carbocycles. The van der Waals surface area contributed by atoms with Crippen LogP contribution in [0.5, 0.6) is 0 Å². The van der Waals surface area contributed by atoms with Gasteiger partial charge in [-0.25, -0.2) is 0 Å². The number of rotatable bonds is 6.